The second kappa shape index (κ2) is 6.93. The number of amides is 1. The van der Waals surface area contributed by atoms with Gasteiger partial charge in [-0.3, -0.25) is 4.79 Å². The number of nitrogens with zero attached hydrogens (tertiary/aromatic N) is 3. The van der Waals surface area contributed by atoms with Crippen molar-refractivity contribution in [2.24, 2.45) is 5.41 Å². The fourth-order valence-electron chi connectivity index (χ4n) is 2.31. The van der Waals surface area contributed by atoms with E-state index in [9.17, 15) is 9.59 Å². The van der Waals surface area contributed by atoms with Crippen molar-refractivity contribution in [2.45, 2.75) is 46.1 Å². The molecule has 1 amide bonds. The third-order valence-electron chi connectivity index (χ3n) is 3.81. The Bertz CT molecular complexity index is 622. The minimum atomic E-state index is -0.685. The number of carbonyl (C=O) groups is 2. The molecular weight excluding hydrogens is 334 g/mol. The molecule has 0 atom stereocenters. The highest BCUT2D eigenvalue weighted by molar-refractivity contribution is 6.28. The van der Waals surface area contributed by atoms with E-state index in [-0.39, 0.29) is 23.2 Å². The third kappa shape index (κ3) is 4.80. The number of hydrogen-bond donors (Lipinski definition) is 0. The monoisotopic (exact) mass is 355 g/mol. The highest BCUT2D eigenvalue weighted by Crippen LogP contribution is 2.33. The zero-order valence-electron chi connectivity index (χ0n) is 14.3. The van der Waals surface area contributed by atoms with Gasteiger partial charge in [-0.05, 0) is 52.1 Å². The quantitative estimate of drug-likeness (QED) is 0.599. The van der Waals surface area contributed by atoms with E-state index in [1.54, 1.807) is 4.90 Å². The van der Waals surface area contributed by atoms with Crippen LogP contribution in [0.2, 0.25) is 5.28 Å². The lowest BCUT2D eigenvalue weighted by atomic mass is 9.80. The van der Waals surface area contributed by atoms with Gasteiger partial charge in [0.1, 0.15) is 5.60 Å². The van der Waals surface area contributed by atoms with Crippen molar-refractivity contribution in [1.29, 1.82) is 0 Å². The van der Waals surface area contributed by atoms with Crippen LogP contribution in [-0.2, 0) is 9.53 Å². The molecule has 24 heavy (non-hydrogen) atoms. The molecule has 1 fully saturated rings. The second-order valence-electron chi connectivity index (χ2n) is 7.08. The number of rotatable bonds is 2. The summed E-state index contributed by atoms with van der Waals surface area (Å²) >= 11 is 5.68. The lowest BCUT2D eigenvalue weighted by Crippen LogP contribution is -2.47. The van der Waals surface area contributed by atoms with Gasteiger partial charge in [0.15, 0.2) is 0 Å². The largest absolute Gasteiger partial charge is 0.444 e. The summed E-state index contributed by atoms with van der Waals surface area (Å²) in [7, 11) is 0. The van der Waals surface area contributed by atoms with Gasteiger partial charge in [-0.15, -0.1) is 0 Å². The second-order valence-corrected chi connectivity index (χ2v) is 7.42. The molecule has 1 aromatic heterocycles. The summed E-state index contributed by atoms with van der Waals surface area (Å²) in [6, 6.07) is 1.48. The Morgan fingerprint density at radius 1 is 1.29 bits per heavy atom. The fourth-order valence-corrected chi connectivity index (χ4v) is 2.45. The van der Waals surface area contributed by atoms with Gasteiger partial charge >= 0.3 is 12.1 Å². The van der Waals surface area contributed by atoms with Crippen LogP contribution in [0, 0.1) is 5.41 Å². The highest BCUT2D eigenvalue weighted by atomic mass is 35.5. The lowest BCUT2D eigenvalue weighted by molar-refractivity contribution is -0.148. The fraction of sp³-hybridized carbons (Fsp3) is 0.625. The molecule has 0 bridgehead atoms. The number of esters is 1. The van der Waals surface area contributed by atoms with E-state index in [1.807, 2.05) is 27.7 Å². The smallest absolute Gasteiger partial charge is 0.410 e. The van der Waals surface area contributed by atoms with Crippen LogP contribution in [0.15, 0.2) is 12.3 Å². The van der Waals surface area contributed by atoms with Crippen molar-refractivity contribution in [3.63, 3.8) is 0 Å². The van der Waals surface area contributed by atoms with E-state index in [0.717, 1.165) is 0 Å². The molecule has 1 aliphatic heterocycles. The Morgan fingerprint density at radius 3 is 2.46 bits per heavy atom. The standard InChI is InChI=1S/C16H22ClN3O4/c1-15(2,3)24-14(22)20-9-6-16(4,7-10-20)12(21)23-11-5-8-18-13(17)19-11/h5,8H,6-7,9-10H2,1-4H3. The molecule has 2 rings (SSSR count). The molecule has 7 nitrogen and oxygen atoms in total. The third-order valence-corrected chi connectivity index (χ3v) is 3.99. The van der Waals surface area contributed by atoms with Crippen molar-refractivity contribution < 1.29 is 19.1 Å². The Hall–Kier alpha value is -1.89. The zero-order valence-corrected chi connectivity index (χ0v) is 15.1. The minimum Gasteiger partial charge on any atom is -0.444 e. The molecule has 1 saturated heterocycles. The van der Waals surface area contributed by atoms with E-state index < -0.39 is 11.0 Å². The molecule has 1 aromatic rings. The Labute approximate surface area is 146 Å². The lowest BCUT2D eigenvalue weighted by Gasteiger charge is -2.37. The summed E-state index contributed by atoms with van der Waals surface area (Å²) in [4.78, 5) is 33.7. The SMILES string of the molecule is CC(C)(C)OC(=O)N1CCC(C)(C(=O)Oc2ccnc(Cl)n2)CC1. The maximum absolute atomic E-state index is 12.4. The number of ether oxygens (including phenoxy) is 2. The summed E-state index contributed by atoms with van der Waals surface area (Å²) in [6.07, 6.45) is 2.04. The van der Waals surface area contributed by atoms with Gasteiger partial charge in [-0.1, -0.05) is 0 Å². The average Bonchev–Trinajstić information content (AvgIpc) is 2.46. The number of aromatic nitrogens is 2. The molecule has 0 unspecified atom stereocenters. The number of likely N-dealkylation sites (tertiary alicyclic amines) is 1. The van der Waals surface area contributed by atoms with Crippen LogP contribution in [0.5, 0.6) is 5.88 Å². The first-order valence-corrected chi connectivity index (χ1v) is 8.16. The van der Waals surface area contributed by atoms with Gasteiger partial charge in [0.25, 0.3) is 0 Å². The summed E-state index contributed by atoms with van der Waals surface area (Å²) < 4.78 is 10.7. The maximum atomic E-state index is 12.4. The summed E-state index contributed by atoms with van der Waals surface area (Å²) in [5, 5.41) is 0.0187. The van der Waals surface area contributed by atoms with E-state index in [0.29, 0.717) is 25.9 Å². The Morgan fingerprint density at radius 2 is 1.92 bits per heavy atom. The first-order valence-electron chi connectivity index (χ1n) is 7.78. The molecule has 132 valence electrons. The van der Waals surface area contributed by atoms with Gasteiger partial charge in [0, 0.05) is 25.4 Å². The van der Waals surface area contributed by atoms with Crippen molar-refractivity contribution in [2.75, 3.05) is 13.1 Å². The molecule has 2 heterocycles. The predicted molar refractivity (Wildman–Crippen MR) is 87.8 cm³/mol. The predicted octanol–water partition coefficient (Wildman–Crippen LogP) is 3.07. The molecule has 0 aliphatic carbocycles. The van der Waals surface area contributed by atoms with Crippen molar-refractivity contribution >= 4 is 23.7 Å². The first-order chi connectivity index (χ1) is 11.1. The first kappa shape index (κ1) is 18.4. The van der Waals surface area contributed by atoms with Gasteiger partial charge < -0.3 is 14.4 Å². The van der Waals surface area contributed by atoms with Crippen LogP contribution in [0.3, 0.4) is 0 Å². The van der Waals surface area contributed by atoms with Crippen molar-refractivity contribution in [3.8, 4) is 5.88 Å². The summed E-state index contributed by atoms with van der Waals surface area (Å²) in [5.41, 5.74) is -1.22. The topological polar surface area (TPSA) is 81.6 Å². The average molecular weight is 356 g/mol. The molecule has 0 N–H and O–H groups in total. The van der Waals surface area contributed by atoms with Crippen molar-refractivity contribution in [3.05, 3.63) is 17.5 Å². The van der Waals surface area contributed by atoms with E-state index in [2.05, 4.69) is 9.97 Å². The van der Waals surface area contributed by atoms with Crippen LogP contribution in [0.1, 0.15) is 40.5 Å². The van der Waals surface area contributed by atoms with Crippen molar-refractivity contribution in [1.82, 2.24) is 14.9 Å². The number of hydrogen-bond acceptors (Lipinski definition) is 6. The number of carbonyl (C=O) groups excluding carboxylic acids is 2. The molecule has 0 spiro atoms. The van der Waals surface area contributed by atoms with Gasteiger partial charge in [0.05, 0.1) is 5.41 Å². The van der Waals surface area contributed by atoms with Crippen LogP contribution in [0.4, 0.5) is 4.79 Å². The molecule has 8 heteroatoms. The van der Waals surface area contributed by atoms with E-state index >= 15 is 0 Å². The van der Waals surface area contributed by atoms with E-state index in [1.165, 1.54) is 12.3 Å². The molecule has 0 saturated carbocycles. The maximum Gasteiger partial charge on any atom is 0.410 e. The van der Waals surface area contributed by atoms with Crippen LogP contribution in [0.25, 0.3) is 0 Å². The van der Waals surface area contributed by atoms with Crippen LogP contribution in [-0.4, -0.2) is 45.6 Å². The summed E-state index contributed by atoms with van der Waals surface area (Å²) in [5.74, 6) is -0.267. The normalized spacial score (nSPS) is 17.3. The Kier molecular flexibility index (Phi) is 5.32. The molecule has 0 aromatic carbocycles. The minimum absolute atomic E-state index is 0.0187. The number of piperidine rings is 1. The molecule has 0 radical (unpaired) electrons. The van der Waals surface area contributed by atoms with E-state index in [4.69, 9.17) is 21.1 Å². The molecular formula is C16H22ClN3O4. The zero-order chi connectivity index (χ0) is 18.0. The van der Waals surface area contributed by atoms with Gasteiger partial charge in [0.2, 0.25) is 11.2 Å². The van der Waals surface area contributed by atoms with Crippen LogP contribution < -0.4 is 4.74 Å². The highest BCUT2D eigenvalue weighted by Gasteiger charge is 2.40. The summed E-state index contributed by atoms with van der Waals surface area (Å²) in [6.45, 7) is 8.16. The number of halogens is 1. The van der Waals surface area contributed by atoms with Crippen LogP contribution >= 0.6 is 11.6 Å². The van der Waals surface area contributed by atoms with Gasteiger partial charge in [-0.2, -0.15) is 4.98 Å². The van der Waals surface area contributed by atoms with Gasteiger partial charge in [-0.25, -0.2) is 9.78 Å². The Balaban J connectivity index is 1.94. The molecule has 1 aliphatic rings.